The van der Waals surface area contributed by atoms with Crippen molar-refractivity contribution in [3.63, 3.8) is 0 Å². The highest BCUT2D eigenvalue weighted by Gasteiger charge is 2.22. The van der Waals surface area contributed by atoms with Crippen LogP contribution in [0.1, 0.15) is 30.6 Å². The Morgan fingerprint density at radius 2 is 2.24 bits per heavy atom. The Balaban J connectivity index is 2.34. The van der Waals surface area contributed by atoms with Gasteiger partial charge in [0, 0.05) is 13.3 Å². The fourth-order valence-electron chi connectivity index (χ4n) is 2.15. The van der Waals surface area contributed by atoms with Crippen LogP contribution in [-0.4, -0.2) is 40.2 Å². The molecule has 1 N–H and O–H groups in total. The molecule has 0 saturated carbocycles. The van der Waals surface area contributed by atoms with Crippen LogP contribution in [0.15, 0.2) is 24.7 Å². The lowest BCUT2D eigenvalue weighted by Gasteiger charge is -2.20. The van der Waals surface area contributed by atoms with E-state index in [-0.39, 0.29) is 6.04 Å². The van der Waals surface area contributed by atoms with Crippen molar-refractivity contribution in [1.82, 2.24) is 25.3 Å². The zero-order chi connectivity index (χ0) is 15.1. The Labute approximate surface area is 129 Å². The SMILES string of the molecule is CCCNC(c1ccnnc1)c1c(Cl)cnn1CCOC. The van der Waals surface area contributed by atoms with E-state index in [1.54, 1.807) is 25.7 Å². The molecule has 0 bridgehead atoms. The van der Waals surface area contributed by atoms with E-state index in [2.05, 4.69) is 27.5 Å². The predicted molar refractivity (Wildman–Crippen MR) is 81.3 cm³/mol. The topological polar surface area (TPSA) is 64.9 Å². The quantitative estimate of drug-likeness (QED) is 0.808. The summed E-state index contributed by atoms with van der Waals surface area (Å²) in [6, 6.07) is 1.87. The largest absolute Gasteiger partial charge is 0.383 e. The highest BCUT2D eigenvalue weighted by molar-refractivity contribution is 6.31. The Kier molecular flexibility index (Phi) is 6.10. The third-order valence-electron chi connectivity index (χ3n) is 3.15. The van der Waals surface area contributed by atoms with Gasteiger partial charge in [-0.05, 0) is 24.6 Å². The molecule has 1 atom stereocenters. The van der Waals surface area contributed by atoms with Crippen molar-refractivity contribution < 1.29 is 4.74 Å². The third kappa shape index (κ3) is 4.00. The summed E-state index contributed by atoms with van der Waals surface area (Å²) >= 11 is 6.35. The van der Waals surface area contributed by atoms with Crippen LogP contribution in [0, 0.1) is 0 Å². The second kappa shape index (κ2) is 8.07. The molecule has 0 radical (unpaired) electrons. The minimum atomic E-state index is -0.0627. The van der Waals surface area contributed by atoms with E-state index < -0.39 is 0 Å². The number of rotatable bonds is 8. The predicted octanol–water partition coefficient (Wildman–Crippen LogP) is 2.06. The van der Waals surface area contributed by atoms with E-state index in [0.29, 0.717) is 18.2 Å². The highest BCUT2D eigenvalue weighted by Crippen LogP contribution is 2.27. The lowest BCUT2D eigenvalue weighted by molar-refractivity contribution is 0.182. The maximum atomic E-state index is 6.35. The van der Waals surface area contributed by atoms with Gasteiger partial charge >= 0.3 is 0 Å². The van der Waals surface area contributed by atoms with Crippen molar-refractivity contribution in [3.05, 3.63) is 40.9 Å². The summed E-state index contributed by atoms with van der Waals surface area (Å²) in [6.45, 7) is 4.24. The molecule has 0 fully saturated rings. The minimum absolute atomic E-state index is 0.0627. The number of ether oxygens (including phenoxy) is 1. The molecule has 0 aromatic carbocycles. The maximum Gasteiger partial charge on any atom is 0.0837 e. The molecule has 1 unspecified atom stereocenters. The standard InChI is InChI=1S/C14H20ClN5O/c1-3-5-16-13(11-4-6-17-18-9-11)14-12(15)10-19-20(14)7-8-21-2/h4,6,9-10,13,16H,3,5,7-8H2,1-2H3. The third-order valence-corrected chi connectivity index (χ3v) is 3.44. The van der Waals surface area contributed by atoms with Crippen molar-refractivity contribution >= 4 is 11.6 Å². The number of hydrogen-bond donors (Lipinski definition) is 1. The van der Waals surface area contributed by atoms with Gasteiger partial charge in [0.25, 0.3) is 0 Å². The number of nitrogens with zero attached hydrogens (tertiary/aromatic N) is 4. The molecule has 0 saturated heterocycles. The van der Waals surface area contributed by atoms with E-state index in [9.17, 15) is 0 Å². The van der Waals surface area contributed by atoms with Crippen LogP contribution in [0.2, 0.25) is 5.02 Å². The first-order valence-electron chi connectivity index (χ1n) is 6.98. The Hall–Kier alpha value is -1.50. The van der Waals surface area contributed by atoms with Gasteiger partial charge in [0.05, 0.1) is 42.3 Å². The van der Waals surface area contributed by atoms with Crippen molar-refractivity contribution in [2.24, 2.45) is 0 Å². The zero-order valence-corrected chi connectivity index (χ0v) is 13.0. The fourth-order valence-corrected chi connectivity index (χ4v) is 2.40. The zero-order valence-electron chi connectivity index (χ0n) is 12.3. The Bertz CT molecular complexity index is 546. The van der Waals surface area contributed by atoms with Gasteiger partial charge in [-0.3, -0.25) is 4.68 Å². The summed E-state index contributed by atoms with van der Waals surface area (Å²) in [6.07, 6.45) is 6.12. The van der Waals surface area contributed by atoms with E-state index >= 15 is 0 Å². The molecule has 0 aliphatic carbocycles. The molecule has 7 heteroatoms. The first kappa shape index (κ1) is 15.9. The Morgan fingerprint density at radius 3 is 2.90 bits per heavy atom. The van der Waals surface area contributed by atoms with Gasteiger partial charge in [-0.15, -0.1) is 0 Å². The van der Waals surface area contributed by atoms with Gasteiger partial charge < -0.3 is 10.1 Å². The minimum Gasteiger partial charge on any atom is -0.383 e. The second-order valence-electron chi connectivity index (χ2n) is 4.66. The van der Waals surface area contributed by atoms with Crippen LogP contribution in [0.25, 0.3) is 0 Å². The molecule has 2 aromatic rings. The van der Waals surface area contributed by atoms with Crippen LogP contribution in [0.3, 0.4) is 0 Å². The molecule has 0 aliphatic heterocycles. The normalized spacial score (nSPS) is 12.5. The summed E-state index contributed by atoms with van der Waals surface area (Å²) in [5, 5.41) is 16.3. The molecular formula is C14H20ClN5O. The van der Waals surface area contributed by atoms with Crippen LogP contribution in [0.4, 0.5) is 0 Å². The van der Waals surface area contributed by atoms with Gasteiger partial charge in [0.2, 0.25) is 0 Å². The molecule has 114 valence electrons. The van der Waals surface area contributed by atoms with E-state index in [4.69, 9.17) is 16.3 Å². The number of nitrogens with one attached hydrogen (secondary N) is 1. The maximum absolute atomic E-state index is 6.35. The molecule has 2 aromatic heterocycles. The smallest absolute Gasteiger partial charge is 0.0837 e. The van der Waals surface area contributed by atoms with Crippen LogP contribution < -0.4 is 5.32 Å². The van der Waals surface area contributed by atoms with Gasteiger partial charge in [0.1, 0.15) is 0 Å². The molecule has 2 rings (SSSR count). The first-order chi connectivity index (χ1) is 10.3. The first-order valence-corrected chi connectivity index (χ1v) is 7.35. The average Bonchev–Trinajstić information content (AvgIpc) is 2.88. The monoisotopic (exact) mass is 309 g/mol. The molecule has 0 amide bonds. The van der Waals surface area contributed by atoms with Crippen molar-refractivity contribution in [2.75, 3.05) is 20.3 Å². The fraction of sp³-hybridized carbons (Fsp3) is 0.500. The van der Waals surface area contributed by atoms with Gasteiger partial charge in [-0.1, -0.05) is 18.5 Å². The van der Waals surface area contributed by atoms with Gasteiger partial charge in [0.15, 0.2) is 0 Å². The number of methoxy groups -OCH3 is 1. The van der Waals surface area contributed by atoms with E-state index in [1.807, 2.05) is 10.7 Å². The highest BCUT2D eigenvalue weighted by atomic mass is 35.5. The second-order valence-corrected chi connectivity index (χ2v) is 5.06. The molecule has 0 aliphatic rings. The number of hydrogen-bond acceptors (Lipinski definition) is 5. The van der Waals surface area contributed by atoms with Crippen LogP contribution in [0.5, 0.6) is 0 Å². The van der Waals surface area contributed by atoms with Gasteiger partial charge in [-0.25, -0.2) is 0 Å². The number of halogens is 1. The van der Waals surface area contributed by atoms with Crippen molar-refractivity contribution in [3.8, 4) is 0 Å². The van der Waals surface area contributed by atoms with E-state index in [0.717, 1.165) is 24.2 Å². The summed E-state index contributed by atoms with van der Waals surface area (Å²) in [5.74, 6) is 0. The lowest BCUT2D eigenvalue weighted by atomic mass is 10.1. The summed E-state index contributed by atoms with van der Waals surface area (Å²) < 4.78 is 7.00. The summed E-state index contributed by atoms with van der Waals surface area (Å²) in [4.78, 5) is 0. The molecular weight excluding hydrogens is 290 g/mol. The van der Waals surface area contributed by atoms with Crippen molar-refractivity contribution in [1.29, 1.82) is 0 Å². The molecule has 21 heavy (non-hydrogen) atoms. The van der Waals surface area contributed by atoms with Crippen LogP contribution >= 0.6 is 11.6 Å². The Morgan fingerprint density at radius 1 is 1.38 bits per heavy atom. The summed E-state index contributed by atoms with van der Waals surface area (Å²) in [5.41, 5.74) is 1.94. The van der Waals surface area contributed by atoms with Crippen LogP contribution in [-0.2, 0) is 11.3 Å². The molecule has 0 spiro atoms. The lowest BCUT2D eigenvalue weighted by Crippen LogP contribution is -2.27. The van der Waals surface area contributed by atoms with Crippen molar-refractivity contribution in [2.45, 2.75) is 25.9 Å². The molecule has 6 nitrogen and oxygen atoms in total. The number of aromatic nitrogens is 4. The molecule has 2 heterocycles. The van der Waals surface area contributed by atoms with Gasteiger partial charge in [-0.2, -0.15) is 15.3 Å². The summed E-state index contributed by atoms with van der Waals surface area (Å²) in [7, 11) is 1.67. The van der Waals surface area contributed by atoms with E-state index in [1.165, 1.54) is 0 Å². The average molecular weight is 310 g/mol.